The quantitative estimate of drug-likeness (QED) is 0.0762. The van der Waals surface area contributed by atoms with Crippen molar-refractivity contribution in [1.82, 2.24) is 25.1 Å². The molecule has 1 heterocycles. The van der Waals surface area contributed by atoms with Crippen molar-refractivity contribution in [3.63, 3.8) is 0 Å². The molecule has 0 aliphatic carbocycles. The average Bonchev–Trinajstić information content (AvgIpc) is 3.52. The summed E-state index contributed by atoms with van der Waals surface area (Å²) >= 11 is 0. The van der Waals surface area contributed by atoms with Crippen LogP contribution in [0.4, 0.5) is 4.79 Å². The highest BCUT2D eigenvalue weighted by molar-refractivity contribution is 5.80. The van der Waals surface area contributed by atoms with E-state index in [1.807, 2.05) is 53.4 Å². The lowest BCUT2D eigenvalue weighted by Crippen LogP contribution is -2.40. The van der Waals surface area contributed by atoms with Crippen LogP contribution in [-0.4, -0.2) is 74.7 Å². The van der Waals surface area contributed by atoms with E-state index in [4.69, 9.17) is 14.2 Å². The van der Waals surface area contributed by atoms with Crippen LogP contribution in [0.3, 0.4) is 0 Å². The minimum atomic E-state index is -0.958. The molecule has 1 amide bonds. The zero-order valence-electron chi connectivity index (χ0n) is 26.5. The van der Waals surface area contributed by atoms with Crippen LogP contribution >= 0.6 is 0 Å². The van der Waals surface area contributed by atoms with Gasteiger partial charge in [-0.1, -0.05) is 75.7 Å². The molecule has 0 aliphatic rings. The molecule has 3 aromatic rings. The fraction of sp³-hybridized carbons (Fsp3) is 0.516. The third kappa shape index (κ3) is 10.8. The second-order valence-corrected chi connectivity index (χ2v) is 10.8. The zero-order valence-corrected chi connectivity index (χ0v) is 26.5. The van der Waals surface area contributed by atoms with Gasteiger partial charge >= 0.3 is 6.16 Å². The molecule has 2 aromatic carbocycles. The van der Waals surface area contributed by atoms with Crippen molar-refractivity contribution in [1.29, 1.82) is 0 Å². The predicted molar refractivity (Wildman–Crippen MR) is 164 cm³/mol. The molecule has 14 heteroatoms. The van der Waals surface area contributed by atoms with E-state index in [1.165, 1.54) is 4.80 Å². The van der Waals surface area contributed by atoms with Gasteiger partial charge in [-0.25, -0.2) is 4.79 Å². The minimum Gasteiger partial charge on any atom is -0.432 e. The number of rotatable bonds is 18. The van der Waals surface area contributed by atoms with Gasteiger partial charge in [0.15, 0.2) is 0 Å². The molecular formula is C31H42N6O8. The maximum absolute atomic E-state index is 13.0. The van der Waals surface area contributed by atoms with Gasteiger partial charge in [0, 0.05) is 24.6 Å². The van der Waals surface area contributed by atoms with Gasteiger partial charge in [0.2, 0.25) is 18.0 Å². The topological polar surface area (TPSA) is 161 Å². The van der Waals surface area contributed by atoms with Crippen LogP contribution in [0.25, 0.3) is 22.5 Å². The lowest BCUT2D eigenvalue weighted by atomic mass is 9.97. The summed E-state index contributed by atoms with van der Waals surface area (Å²) in [6.07, 6.45) is 0.552. The Bertz CT molecular complexity index is 1380. The van der Waals surface area contributed by atoms with Crippen LogP contribution in [-0.2, 0) is 30.4 Å². The summed E-state index contributed by atoms with van der Waals surface area (Å²) in [6, 6.07) is 15.9. The Hall–Kier alpha value is -4.59. The molecule has 14 nitrogen and oxygen atoms in total. The first kappa shape index (κ1) is 34.9. The lowest BCUT2D eigenvalue weighted by Gasteiger charge is -2.32. The Morgan fingerprint density at radius 1 is 0.978 bits per heavy atom. The number of carbonyl (C=O) groups excluding carboxylic acids is 2. The van der Waals surface area contributed by atoms with Gasteiger partial charge in [0.25, 0.3) is 5.09 Å². The number of carbonyl (C=O) groups is 2. The van der Waals surface area contributed by atoms with E-state index in [0.717, 1.165) is 35.1 Å². The molecule has 0 N–H and O–H groups in total. The van der Waals surface area contributed by atoms with Crippen molar-refractivity contribution in [3.05, 3.63) is 64.2 Å². The average molecular weight is 627 g/mol. The monoisotopic (exact) mass is 626 g/mol. The molecule has 0 fully saturated rings. The summed E-state index contributed by atoms with van der Waals surface area (Å²) in [5, 5.41) is 21.8. The third-order valence-electron chi connectivity index (χ3n) is 7.20. The number of benzene rings is 2. The number of tetrazole rings is 1. The standard InChI is InChI=1S/C31H42N6O8/c1-6-7-12-29(38)35(23(4)22(2)3)21-25-13-15-26(16-14-25)27-10-8-9-11-28(27)30-32-34-36(33-30)24(5)45-31(39)43-19-17-42-18-20-44-37(40)41/h8-11,13-16,22-24H,6-7,12,17-21H2,1-5H3. The van der Waals surface area contributed by atoms with Crippen molar-refractivity contribution in [2.24, 2.45) is 5.92 Å². The molecule has 0 radical (unpaired) electrons. The van der Waals surface area contributed by atoms with Gasteiger partial charge in [0.05, 0.1) is 13.2 Å². The van der Waals surface area contributed by atoms with Crippen LogP contribution in [0.1, 0.15) is 65.7 Å². The summed E-state index contributed by atoms with van der Waals surface area (Å²) in [5.74, 6) is 0.875. The Balaban J connectivity index is 1.63. The number of nitrogens with zero attached hydrogens (tertiary/aromatic N) is 6. The first-order valence-electron chi connectivity index (χ1n) is 15.1. The predicted octanol–water partition coefficient (Wildman–Crippen LogP) is 5.47. The van der Waals surface area contributed by atoms with Gasteiger partial charge in [0.1, 0.15) is 13.2 Å². The van der Waals surface area contributed by atoms with Crippen LogP contribution in [0.15, 0.2) is 48.5 Å². The third-order valence-corrected chi connectivity index (χ3v) is 7.20. The van der Waals surface area contributed by atoms with Gasteiger partial charge in [-0.05, 0) is 48.1 Å². The largest absolute Gasteiger partial charge is 0.510 e. The Kier molecular flexibility index (Phi) is 13.7. The Morgan fingerprint density at radius 3 is 2.33 bits per heavy atom. The number of hydrogen-bond donors (Lipinski definition) is 0. The van der Waals surface area contributed by atoms with E-state index in [-0.39, 0.29) is 38.4 Å². The molecule has 0 saturated carbocycles. The maximum atomic E-state index is 13.0. The molecular weight excluding hydrogens is 584 g/mol. The Labute approximate surface area is 262 Å². The summed E-state index contributed by atoms with van der Waals surface area (Å²) < 4.78 is 15.2. The SMILES string of the molecule is CCCCC(=O)N(Cc1ccc(-c2ccccc2-c2nnn(C(C)OC(=O)OCCOCCO[N+](=O)[O-])n2)cc1)C(C)C(C)C. The minimum absolute atomic E-state index is 0.0143. The van der Waals surface area contributed by atoms with E-state index in [9.17, 15) is 19.7 Å². The van der Waals surface area contributed by atoms with Crippen molar-refractivity contribution in [2.45, 2.75) is 72.7 Å². The Morgan fingerprint density at radius 2 is 1.67 bits per heavy atom. The highest BCUT2D eigenvalue weighted by Gasteiger charge is 2.23. The molecule has 0 saturated heterocycles. The molecule has 0 aliphatic heterocycles. The van der Waals surface area contributed by atoms with Crippen LogP contribution < -0.4 is 0 Å². The number of ether oxygens (including phenoxy) is 3. The number of unbranched alkanes of at least 4 members (excludes halogenated alkanes) is 1. The highest BCUT2D eigenvalue weighted by atomic mass is 17.0. The number of aromatic nitrogens is 4. The van der Waals surface area contributed by atoms with Crippen LogP contribution in [0.5, 0.6) is 0 Å². The maximum Gasteiger partial charge on any atom is 0.510 e. The molecule has 2 unspecified atom stereocenters. The zero-order chi connectivity index (χ0) is 32.8. The molecule has 0 spiro atoms. The van der Waals surface area contributed by atoms with E-state index >= 15 is 0 Å². The van der Waals surface area contributed by atoms with Crippen molar-refractivity contribution in [2.75, 3.05) is 26.4 Å². The number of hydrogen-bond acceptors (Lipinski definition) is 11. The molecule has 0 bridgehead atoms. The van der Waals surface area contributed by atoms with Crippen molar-refractivity contribution < 1.29 is 33.7 Å². The molecule has 244 valence electrons. The summed E-state index contributed by atoms with van der Waals surface area (Å²) in [5.41, 5.74) is 3.64. The van der Waals surface area contributed by atoms with Gasteiger partial charge < -0.3 is 23.9 Å². The molecule has 45 heavy (non-hydrogen) atoms. The summed E-state index contributed by atoms with van der Waals surface area (Å²) in [4.78, 5) is 42.4. The van der Waals surface area contributed by atoms with E-state index in [1.54, 1.807) is 6.92 Å². The second-order valence-electron chi connectivity index (χ2n) is 10.8. The number of amides is 1. The van der Waals surface area contributed by atoms with Crippen LogP contribution in [0.2, 0.25) is 0 Å². The second kappa shape index (κ2) is 17.6. The molecule has 1 aromatic heterocycles. The van der Waals surface area contributed by atoms with E-state index in [2.05, 4.69) is 47.9 Å². The normalized spacial score (nSPS) is 12.4. The van der Waals surface area contributed by atoms with Gasteiger partial charge in [-0.3, -0.25) is 4.79 Å². The lowest BCUT2D eigenvalue weighted by molar-refractivity contribution is -0.758. The fourth-order valence-electron chi connectivity index (χ4n) is 4.37. The first-order valence-corrected chi connectivity index (χ1v) is 15.1. The highest BCUT2D eigenvalue weighted by Crippen LogP contribution is 2.30. The summed E-state index contributed by atoms with van der Waals surface area (Å²) in [7, 11) is 0. The van der Waals surface area contributed by atoms with E-state index in [0.29, 0.717) is 24.7 Å². The smallest absolute Gasteiger partial charge is 0.432 e. The van der Waals surface area contributed by atoms with Crippen molar-refractivity contribution in [3.8, 4) is 22.5 Å². The summed E-state index contributed by atoms with van der Waals surface area (Å²) in [6.45, 7) is 10.2. The van der Waals surface area contributed by atoms with Gasteiger partial charge in [-0.2, -0.15) is 0 Å². The molecule has 2 atom stereocenters. The van der Waals surface area contributed by atoms with Crippen molar-refractivity contribution >= 4 is 12.1 Å². The fourth-order valence-corrected chi connectivity index (χ4v) is 4.37. The van der Waals surface area contributed by atoms with E-state index < -0.39 is 17.5 Å². The van der Waals surface area contributed by atoms with Gasteiger partial charge in [-0.15, -0.1) is 25.1 Å². The molecule has 3 rings (SSSR count). The van der Waals surface area contributed by atoms with Crippen LogP contribution in [0, 0.1) is 16.0 Å². The first-order chi connectivity index (χ1) is 21.6.